The van der Waals surface area contributed by atoms with Crippen molar-refractivity contribution in [3.63, 3.8) is 0 Å². The van der Waals surface area contributed by atoms with Gasteiger partial charge in [0, 0.05) is 6.54 Å². The van der Waals surface area contributed by atoms with Gasteiger partial charge >= 0.3 is 6.43 Å². The second-order valence-corrected chi connectivity index (χ2v) is 2.20. The minimum Gasteiger partial charge on any atom is -0.395 e. The average molecular weight is 203 g/mol. The summed E-state index contributed by atoms with van der Waals surface area (Å²) in [4.78, 5) is 10.7. The highest BCUT2D eigenvalue weighted by molar-refractivity contribution is 5.79. The van der Waals surface area contributed by atoms with Crippen molar-refractivity contribution in [3.05, 3.63) is 0 Å². The second-order valence-electron chi connectivity index (χ2n) is 2.20. The van der Waals surface area contributed by atoms with Crippen LogP contribution in [0.3, 0.4) is 0 Å². The maximum Gasteiger partial charge on any atom is 0.315 e. The number of alkyl halides is 4. The Bertz CT molecular complexity index is 165. The molecule has 1 N–H and O–H groups in total. The van der Waals surface area contributed by atoms with E-state index in [1.807, 2.05) is 0 Å². The van der Waals surface area contributed by atoms with E-state index in [0.29, 0.717) is 0 Å². The Kier molecular flexibility index (Phi) is 5.36. The molecule has 78 valence electrons. The van der Waals surface area contributed by atoms with Crippen LogP contribution in [-0.2, 0) is 4.79 Å². The van der Waals surface area contributed by atoms with Gasteiger partial charge in [-0.15, -0.1) is 0 Å². The second kappa shape index (κ2) is 5.74. The third-order valence-corrected chi connectivity index (χ3v) is 1.23. The molecule has 0 heterocycles. The quantitative estimate of drug-likeness (QED) is 0.654. The van der Waals surface area contributed by atoms with E-state index in [2.05, 4.69) is 0 Å². The van der Waals surface area contributed by atoms with Crippen LogP contribution >= 0.6 is 0 Å². The van der Waals surface area contributed by atoms with Gasteiger partial charge in [0.1, 0.15) is 0 Å². The molecule has 0 aliphatic heterocycles. The predicted octanol–water partition coefficient (Wildman–Crippen LogP) is 0.337. The molecule has 1 amide bonds. The van der Waals surface area contributed by atoms with Crippen molar-refractivity contribution in [1.29, 1.82) is 0 Å². The molecule has 0 bridgehead atoms. The Morgan fingerprint density at radius 2 is 1.85 bits per heavy atom. The molecule has 0 radical (unpaired) electrons. The van der Waals surface area contributed by atoms with Crippen LogP contribution in [0, 0.1) is 0 Å². The molecule has 0 unspecified atom stereocenters. The monoisotopic (exact) mass is 203 g/mol. The van der Waals surface area contributed by atoms with E-state index in [1.165, 1.54) is 0 Å². The van der Waals surface area contributed by atoms with Gasteiger partial charge in [-0.3, -0.25) is 4.79 Å². The minimum atomic E-state index is -3.31. The van der Waals surface area contributed by atoms with Gasteiger partial charge in [-0.05, 0) is 0 Å². The molecular weight excluding hydrogens is 194 g/mol. The number of nitrogens with zero attached hydrogens (tertiary/aromatic N) is 1. The van der Waals surface area contributed by atoms with Crippen molar-refractivity contribution >= 4 is 5.91 Å². The molecule has 0 fully saturated rings. The van der Waals surface area contributed by atoms with Crippen LogP contribution in [0.1, 0.15) is 0 Å². The topological polar surface area (TPSA) is 40.5 Å². The standard InChI is InChI=1S/C6H9F4NO2/c7-4(8)3-11(1-2-12)6(13)5(9)10/h4-5,12H,1-3H2. The van der Waals surface area contributed by atoms with E-state index in [1.54, 1.807) is 0 Å². The molecule has 0 rings (SSSR count). The summed E-state index contributed by atoms with van der Waals surface area (Å²) in [5.74, 6) is -1.69. The SMILES string of the molecule is O=C(C(F)F)N(CCO)CC(F)F. The maximum absolute atomic E-state index is 11.7. The van der Waals surface area contributed by atoms with Crippen molar-refractivity contribution < 1.29 is 27.5 Å². The van der Waals surface area contributed by atoms with Crippen LogP contribution in [0.2, 0.25) is 0 Å². The van der Waals surface area contributed by atoms with Gasteiger partial charge in [0.25, 0.3) is 12.3 Å². The Morgan fingerprint density at radius 1 is 1.31 bits per heavy atom. The molecule has 0 aliphatic rings. The number of hydrogen-bond acceptors (Lipinski definition) is 2. The summed E-state index contributed by atoms with van der Waals surface area (Å²) < 4.78 is 46.9. The number of aliphatic hydroxyl groups is 1. The molecule has 0 saturated heterocycles. The highest BCUT2D eigenvalue weighted by atomic mass is 19.3. The normalized spacial score (nSPS) is 11.0. The first-order valence-corrected chi connectivity index (χ1v) is 3.45. The molecule has 0 saturated carbocycles. The molecule has 0 aliphatic carbocycles. The van der Waals surface area contributed by atoms with E-state index in [-0.39, 0.29) is 4.90 Å². The zero-order valence-electron chi connectivity index (χ0n) is 6.59. The molecular formula is C6H9F4NO2. The number of carbonyl (C=O) groups is 1. The van der Waals surface area contributed by atoms with Crippen molar-refractivity contribution in [2.75, 3.05) is 19.7 Å². The molecule has 13 heavy (non-hydrogen) atoms. The third-order valence-electron chi connectivity index (χ3n) is 1.23. The fraction of sp³-hybridized carbons (Fsp3) is 0.833. The fourth-order valence-corrected chi connectivity index (χ4v) is 0.717. The van der Waals surface area contributed by atoms with Crippen LogP contribution in [0.25, 0.3) is 0 Å². The van der Waals surface area contributed by atoms with E-state index in [9.17, 15) is 22.4 Å². The Balaban J connectivity index is 4.15. The lowest BCUT2D eigenvalue weighted by atomic mass is 10.4. The van der Waals surface area contributed by atoms with E-state index < -0.39 is 38.5 Å². The van der Waals surface area contributed by atoms with Crippen molar-refractivity contribution in [3.8, 4) is 0 Å². The summed E-state index contributed by atoms with van der Waals surface area (Å²) in [7, 11) is 0. The number of amides is 1. The predicted molar refractivity (Wildman–Crippen MR) is 35.7 cm³/mol. The first-order valence-electron chi connectivity index (χ1n) is 3.45. The van der Waals surface area contributed by atoms with Crippen LogP contribution in [-0.4, -0.2) is 48.5 Å². The van der Waals surface area contributed by atoms with Crippen molar-refractivity contribution in [2.24, 2.45) is 0 Å². The van der Waals surface area contributed by atoms with Gasteiger partial charge in [0.05, 0.1) is 13.2 Å². The highest BCUT2D eigenvalue weighted by Gasteiger charge is 2.24. The van der Waals surface area contributed by atoms with Gasteiger partial charge in [-0.2, -0.15) is 8.78 Å². The number of aliphatic hydroxyl groups excluding tert-OH is 1. The molecule has 7 heteroatoms. The van der Waals surface area contributed by atoms with Gasteiger partial charge in [0.2, 0.25) is 0 Å². The Morgan fingerprint density at radius 3 is 2.15 bits per heavy atom. The molecule has 3 nitrogen and oxygen atoms in total. The first kappa shape index (κ1) is 12.2. The molecule has 0 aromatic rings. The molecule has 0 atom stereocenters. The summed E-state index contributed by atoms with van der Waals surface area (Å²) in [6.45, 7) is -2.21. The van der Waals surface area contributed by atoms with E-state index in [4.69, 9.17) is 5.11 Å². The van der Waals surface area contributed by atoms with E-state index >= 15 is 0 Å². The zero-order valence-corrected chi connectivity index (χ0v) is 6.59. The Labute approximate surface area is 71.9 Å². The largest absolute Gasteiger partial charge is 0.395 e. The summed E-state index contributed by atoms with van der Waals surface area (Å²) in [5.41, 5.74) is 0. The van der Waals surface area contributed by atoms with Crippen LogP contribution in [0.15, 0.2) is 0 Å². The molecule has 0 aromatic carbocycles. The summed E-state index contributed by atoms with van der Waals surface area (Å²) >= 11 is 0. The summed E-state index contributed by atoms with van der Waals surface area (Å²) in [6.07, 6.45) is -6.19. The van der Waals surface area contributed by atoms with Crippen LogP contribution in [0.4, 0.5) is 17.6 Å². The number of rotatable bonds is 5. The van der Waals surface area contributed by atoms with Crippen LogP contribution < -0.4 is 0 Å². The molecule has 0 aromatic heterocycles. The van der Waals surface area contributed by atoms with E-state index in [0.717, 1.165) is 0 Å². The average Bonchev–Trinajstić information content (AvgIpc) is 2.01. The number of hydrogen-bond donors (Lipinski definition) is 1. The minimum absolute atomic E-state index is 0.231. The lowest BCUT2D eigenvalue weighted by molar-refractivity contribution is -0.145. The number of carbonyl (C=O) groups excluding carboxylic acids is 1. The lowest BCUT2D eigenvalue weighted by Crippen LogP contribution is -2.40. The number of halogens is 4. The first-order chi connectivity index (χ1) is 5.99. The zero-order chi connectivity index (χ0) is 10.4. The fourth-order valence-electron chi connectivity index (χ4n) is 0.717. The van der Waals surface area contributed by atoms with Crippen molar-refractivity contribution in [2.45, 2.75) is 12.9 Å². The third kappa shape index (κ3) is 4.66. The smallest absolute Gasteiger partial charge is 0.315 e. The van der Waals surface area contributed by atoms with Gasteiger partial charge in [0.15, 0.2) is 0 Å². The van der Waals surface area contributed by atoms with Crippen LogP contribution in [0.5, 0.6) is 0 Å². The molecule has 0 spiro atoms. The summed E-state index contributed by atoms with van der Waals surface area (Å²) in [5, 5.41) is 8.30. The van der Waals surface area contributed by atoms with Crippen molar-refractivity contribution in [1.82, 2.24) is 4.90 Å². The Hall–Kier alpha value is -0.850. The maximum atomic E-state index is 11.7. The summed E-state index contributed by atoms with van der Waals surface area (Å²) in [6, 6.07) is 0. The highest BCUT2D eigenvalue weighted by Crippen LogP contribution is 2.04. The van der Waals surface area contributed by atoms with Gasteiger partial charge < -0.3 is 10.0 Å². The lowest BCUT2D eigenvalue weighted by Gasteiger charge is -2.20. The van der Waals surface area contributed by atoms with Gasteiger partial charge in [-0.1, -0.05) is 0 Å². The van der Waals surface area contributed by atoms with Gasteiger partial charge in [-0.25, -0.2) is 8.78 Å².